The summed E-state index contributed by atoms with van der Waals surface area (Å²) in [5.74, 6) is -3.63. The molecule has 1 aromatic rings. The molecule has 0 aliphatic rings. The van der Waals surface area contributed by atoms with Gasteiger partial charge in [-0.15, -0.1) is 0 Å². The van der Waals surface area contributed by atoms with Crippen molar-refractivity contribution in [3.05, 3.63) is 29.6 Å². The second kappa shape index (κ2) is 6.77. The molecule has 5 nitrogen and oxygen atoms in total. The first-order chi connectivity index (χ1) is 8.97. The van der Waals surface area contributed by atoms with Crippen LogP contribution in [0.2, 0.25) is 0 Å². The molecular weight excluding hydrogens is 258 g/mol. The van der Waals surface area contributed by atoms with Gasteiger partial charge in [-0.1, -0.05) is 0 Å². The summed E-state index contributed by atoms with van der Waals surface area (Å²) in [4.78, 5) is 27.0. The van der Waals surface area contributed by atoms with E-state index in [1.807, 2.05) is 0 Å². The van der Waals surface area contributed by atoms with Crippen molar-refractivity contribution in [2.45, 2.75) is 12.8 Å². The van der Waals surface area contributed by atoms with Crippen LogP contribution in [0.3, 0.4) is 0 Å². The quantitative estimate of drug-likeness (QED) is 0.600. The van der Waals surface area contributed by atoms with Gasteiger partial charge < -0.3 is 9.64 Å². The third kappa shape index (κ3) is 3.97. The average molecular weight is 272 g/mol. The molecule has 1 heterocycles. The van der Waals surface area contributed by atoms with Crippen molar-refractivity contribution in [2.24, 2.45) is 0 Å². The predicted molar refractivity (Wildman–Crippen MR) is 62.4 cm³/mol. The minimum atomic E-state index is -1.31. The van der Waals surface area contributed by atoms with E-state index in [2.05, 4.69) is 9.72 Å². The van der Waals surface area contributed by atoms with E-state index >= 15 is 0 Å². The lowest BCUT2D eigenvalue weighted by atomic mass is 10.2. The summed E-state index contributed by atoms with van der Waals surface area (Å²) in [5.41, 5.74) is -0.381. The second-order valence-electron chi connectivity index (χ2n) is 3.87. The number of amides is 1. The normalized spacial score (nSPS) is 10.1. The number of pyridine rings is 1. The maximum absolute atomic E-state index is 13.4. The van der Waals surface area contributed by atoms with Crippen LogP contribution < -0.4 is 0 Å². The minimum Gasteiger partial charge on any atom is -0.469 e. The van der Waals surface area contributed by atoms with Crippen LogP contribution in [0.5, 0.6) is 0 Å². The Bertz CT molecular complexity index is 480. The molecule has 0 unspecified atom stereocenters. The van der Waals surface area contributed by atoms with Crippen LogP contribution in [-0.2, 0) is 9.53 Å². The number of rotatable bonds is 5. The van der Waals surface area contributed by atoms with E-state index in [0.717, 1.165) is 12.3 Å². The highest BCUT2D eigenvalue weighted by Gasteiger charge is 2.19. The Morgan fingerprint density at radius 3 is 2.74 bits per heavy atom. The van der Waals surface area contributed by atoms with E-state index in [0.29, 0.717) is 6.42 Å². The number of ether oxygens (including phenoxy) is 1. The molecule has 1 aromatic heterocycles. The molecule has 0 spiro atoms. The molecule has 0 radical (unpaired) electrons. The predicted octanol–water partition coefficient (Wildman–Crippen LogP) is 1.38. The van der Waals surface area contributed by atoms with Gasteiger partial charge in [-0.25, -0.2) is 9.37 Å². The van der Waals surface area contributed by atoms with Crippen LogP contribution in [0.25, 0.3) is 0 Å². The molecule has 0 bridgehead atoms. The van der Waals surface area contributed by atoms with E-state index in [1.165, 1.54) is 19.1 Å². The van der Waals surface area contributed by atoms with Crippen molar-refractivity contribution in [1.29, 1.82) is 0 Å². The van der Waals surface area contributed by atoms with Crippen LogP contribution in [0.15, 0.2) is 12.3 Å². The number of carbonyl (C=O) groups excluding carboxylic acids is 2. The van der Waals surface area contributed by atoms with Gasteiger partial charge in [0.2, 0.25) is 5.95 Å². The zero-order valence-corrected chi connectivity index (χ0v) is 10.7. The van der Waals surface area contributed by atoms with E-state index in [9.17, 15) is 18.4 Å². The van der Waals surface area contributed by atoms with E-state index in [-0.39, 0.29) is 24.5 Å². The number of hydrogen-bond acceptors (Lipinski definition) is 4. The average Bonchev–Trinajstić information content (AvgIpc) is 2.40. The van der Waals surface area contributed by atoms with Crippen molar-refractivity contribution < 1.29 is 23.1 Å². The number of nitrogens with zero attached hydrogens (tertiary/aromatic N) is 2. The van der Waals surface area contributed by atoms with Crippen molar-refractivity contribution in [2.75, 3.05) is 20.7 Å². The molecule has 19 heavy (non-hydrogen) atoms. The van der Waals surface area contributed by atoms with E-state index in [4.69, 9.17) is 0 Å². The van der Waals surface area contributed by atoms with Crippen LogP contribution in [0, 0.1) is 11.8 Å². The van der Waals surface area contributed by atoms with Crippen molar-refractivity contribution in [3.63, 3.8) is 0 Å². The molecule has 0 aliphatic carbocycles. The summed E-state index contributed by atoms with van der Waals surface area (Å²) in [5, 5.41) is 0. The Balaban J connectivity index is 2.62. The lowest BCUT2D eigenvalue weighted by Gasteiger charge is -2.17. The SMILES string of the molecule is COC(=O)CCCN(C)C(=O)c1ccnc(F)c1F. The number of carbonyl (C=O) groups is 2. The standard InChI is InChI=1S/C12H14F2N2O3/c1-16(7-3-4-9(17)19-2)12(18)8-5-6-15-11(14)10(8)13/h5-6H,3-4,7H2,1-2H3. The third-order valence-corrected chi connectivity index (χ3v) is 2.53. The van der Waals surface area contributed by atoms with Gasteiger partial charge in [0.1, 0.15) is 0 Å². The Labute approximate surface area is 109 Å². The summed E-state index contributed by atoms with van der Waals surface area (Å²) in [6, 6.07) is 1.11. The summed E-state index contributed by atoms with van der Waals surface area (Å²) >= 11 is 0. The fourth-order valence-corrected chi connectivity index (χ4v) is 1.45. The molecule has 0 saturated heterocycles. The lowest BCUT2D eigenvalue weighted by Crippen LogP contribution is -2.29. The largest absolute Gasteiger partial charge is 0.469 e. The molecular formula is C12H14F2N2O3. The van der Waals surface area contributed by atoms with Gasteiger partial charge in [-0.3, -0.25) is 9.59 Å². The molecule has 0 saturated carbocycles. The lowest BCUT2D eigenvalue weighted by molar-refractivity contribution is -0.140. The van der Waals surface area contributed by atoms with Crippen molar-refractivity contribution >= 4 is 11.9 Å². The van der Waals surface area contributed by atoms with Gasteiger partial charge in [-0.05, 0) is 12.5 Å². The molecule has 0 atom stereocenters. The molecule has 1 amide bonds. The second-order valence-corrected chi connectivity index (χ2v) is 3.87. The van der Waals surface area contributed by atoms with Gasteiger partial charge in [0, 0.05) is 26.2 Å². The third-order valence-electron chi connectivity index (χ3n) is 2.53. The highest BCUT2D eigenvalue weighted by Crippen LogP contribution is 2.11. The zero-order valence-electron chi connectivity index (χ0n) is 10.7. The summed E-state index contributed by atoms with van der Waals surface area (Å²) < 4.78 is 30.7. The van der Waals surface area contributed by atoms with Crippen molar-refractivity contribution in [1.82, 2.24) is 9.88 Å². The topological polar surface area (TPSA) is 59.5 Å². The highest BCUT2D eigenvalue weighted by atomic mass is 19.2. The Morgan fingerprint density at radius 2 is 2.11 bits per heavy atom. The monoisotopic (exact) mass is 272 g/mol. The summed E-state index contributed by atoms with van der Waals surface area (Å²) in [7, 11) is 2.71. The van der Waals surface area contributed by atoms with Gasteiger partial charge in [0.15, 0.2) is 5.82 Å². The van der Waals surface area contributed by atoms with Crippen LogP contribution in [0.4, 0.5) is 8.78 Å². The summed E-state index contributed by atoms with van der Waals surface area (Å²) in [6.07, 6.45) is 1.55. The van der Waals surface area contributed by atoms with Crippen molar-refractivity contribution in [3.8, 4) is 0 Å². The number of halogens is 2. The molecule has 0 fully saturated rings. The van der Waals surface area contributed by atoms with Gasteiger partial charge >= 0.3 is 5.97 Å². The van der Waals surface area contributed by atoms with Gasteiger partial charge in [0.25, 0.3) is 5.91 Å². The number of hydrogen-bond donors (Lipinski definition) is 0. The first kappa shape index (κ1) is 15.0. The number of aromatic nitrogens is 1. The molecule has 1 rings (SSSR count). The zero-order chi connectivity index (χ0) is 14.4. The Hall–Kier alpha value is -2.05. The molecule has 0 N–H and O–H groups in total. The smallest absolute Gasteiger partial charge is 0.305 e. The minimum absolute atomic E-state index is 0.154. The number of esters is 1. The Kier molecular flexibility index (Phi) is 5.35. The van der Waals surface area contributed by atoms with E-state index in [1.54, 1.807) is 0 Å². The Morgan fingerprint density at radius 1 is 1.42 bits per heavy atom. The molecule has 0 aliphatic heterocycles. The van der Waals surface area contributed by atoms with Crippen LogP contribution >= 0.6 is 0 Å². The first-order valence-electron chi connectivity index (χ1n) is 5.59. The fourth-order valence-electron chi connectivity index (χ4n) is 1.45. The maximum atomic E-state index is 13.4. The molecule has 104 valence electrons. The summed E-state index contributed by atoms with van der Waals surface area (Å²) in [6.45, 7) is 0.233. The van der Waals surface area contributed by atoms with E-state index < -0.39 is 17.7 Å². The van der Waals surface area contributed by atoms with Gasteiger partial charge in [0.05, 0.1) is 12.7 Å². The molecule has 7 heteroatoms. The first-order valence-corrected chi connectivity index (χ1v) is 5.59. The fraction of sp³-hybridized carbons (Fsp3) is 0.417. The van der Waals surface area contributed by atoms with Crippen LogP contribution in [-0.4, -0.2) is 42.5 Å². The van der Waals surface area contributed by atoms with Gasteiger partial charge in [-0.2, -0.15) is 4.39 Å². The molecule has 0 aromatic carbocycles. The number of methoxy groups -OCH3 is 1. The maximum Gasteiger partial charge on any atom is 0.305 e. The highest BCUT2D eigenvalue weighted by molar-refractivity contribution is 5.94. The van der Waals surface area contributed by atoms with Crippen LogP contribution in [0.1, 0.15) is 23.2 Å².